The van der Waals surface area contributed by atoms with Gasteiger partial charge in [0.15, 0.2) is 5.42 Å². The zero-order valence-corrected chi connectivity index (χ0v) is 16.9. The van der Waals surface area contributed by atoms with Crippen molar-refractivity contribution in [2.75, 3.05) is 16.8 Å². The van der Waals surface area contributed by atoms with Crippen LogP contribution in [0.1, 0.15) is 6.92 Å². The topological polar surface area (TPSA) is 35.8 Å². The van der Waals surface area contributed by atoms with E-state index in [-0.39, 0.29) is 13.1 Å². The molecule has 1 atom stereocenters. The molecule has 6 heteroatoms. The number of nitrogens with zero attached hydrogens (tertiary/aromatic N) is 4. The van der Waals surface area contributed by atoms with Crippen molar-refractivity contribution in [2.45, 2.75) is 13.1 Å². The van der Waals surface area contributed by atoms with Crippen molar-refractivity contribution >= 4 is 47.3 Å². The van der Waals surface area contributed by atoms with E-state index in [0.29, 0.717) is 5.71 Å². The fourth-order valence-corrected chi connectivity index (χ4v) is 4.76. The summed E-state index contributed by atoms with van der Waals surface area (Å²) in [7, 11) is 2.10. The normalized spacial score (nSPS) is 17.6. The molecule has 0 radical (unpaired) electrons. The van der Waals surface area contributed by atoms with E-state index in [9.17, 15) is 0 Å². The number of para-hydroxylation sites is 3. The summed E-state index contributed by atoms with van der Waals surface area (Å²) in [6, 6.07) is 23.3. The van der Waals surface area contributed by atoms with Crippen molar-refractivity contribution in [3.05, 3.63) is 83.6 Å². The first kappa shape index (κ1) is 17.2. The van der Waals surface area contributed by atoms with Crippen LogP contribution < -0.4 is 20.3 Å². The van der Waals surface area contributed by atoms with Crippen molar-refractivity contribution in [3.63, 3.8) is 0 Å². The maximum Gasteiger partial charge on any atom is 0.405 e. The second-order valence-electron chi connectivity index (χ2n) is 7.84. The van der Waals surface area contributed by atoms with Crippen LogP contribution in [0, 0.1) is 0 Å². The van der Waals surface area contributed by atoms with Gasteiger partial charge in [-0.05, 0) is 50.4 Å². The first-order chi connectivity index (χ1) is 14.7. The van der Waals surface area contributed by atoms with Gasteiger partial charge in [0.1, 0.15) is 0 Å². The lowest BCUT2D eigenvalue weighted by Gasteiger charge is -2.37. The van der Waals surface area contributed by atoms with Gasteiger partial charge in [0.05, 0.1) is 17.5 Å². The first-order valence-corrected chi connectivity index (χ1v) is 10.2. The van der Waals surface area contributed by atoms with Gasteiger partial charge >= 0.3 is 6.98 Å². The number of fused-ring (bicyclic) bond motifs is 4. The van der Waals surface area contributed by atoms with Crippen molar-refractivity contribution in [2.24, 2.45) is 0 Å². The fraction of sp³-hybridized carbons (Fsp3) is 0.125. The van der Waals surface area contributed by atoms with Crippen LogP contribution in [0.15, 0.2) is 77.3 Å². The number of aromatic nitrogens is 1. The fourth-order valence-electron chi connectivity index (χ4n) is 4.76. The van der Waals surface area contributed by atoms with Gasteiger partial charge in [-0.1, -0.05) is 36.3 Å². The van der Waals surface area contributed by atoms with Crippen LogP contribution in [0.25, 0.3) is 23.3 Å². The van der Waals surface area contributed by atoms with Crippen LogP contribution in [-0.2, 0) is 0 Å². The van der Waals surface area contributed by atoms with Crippen LogP contribution in [0.2, 0.25) is 0 Å². The molecule has 0 fully saturated rings. The van der Waals surface area contributed by atoms with Crippen molar-refractivity contribution < 1.29 is 4.42 Å². The molecule has 0 amide bonds. The zero-order chi connectivity index (χ0) is 20.2. The van der Waals surface area contributed by atoms with Gasteiger partial charge in [0.2, 0.25) is 5.71 Å². The number of benzene rings is 2. The highest BCUT2D eigenvalue weighted by atomic mass is 16.3. The average Bonchev–Trinajstić information content (AvgIpc) is 3.27. The van der Waals surface area contributed by atoms with Crippen LogP contribution in [0.4, 0.5) is 17.1 Å². The Labute approximate surface area is 175 Å². The maximum absolute atomic E-state index is 5.99. The summed E-state index contributed by atoms with van der Waals surface area (Å²) in [4.78, 5) is 11.5. The molecule has 5 nitrogen and oxygen atoms in total. The Kier molecular flexibility index (Phi) is 3.69. The number of hydrogen-bond donors (Lipinski definition) is 0. The lowest BCUT2D eigenvalue weighted by atomic mass is 9.69. The number of anilines is 3. The summed E-state index contributed by atoms with van der Waals surface area (Å²) >= 11 is 0. The molecule has 2 aromatic carbocycles. The molecule has 0 aliphatic carbocycles. The molecule has 0 N–H and O–H groups in total. The Morgan fingerprint density at radius 1 is 0.933 bits per heavy atom. The smallest absolute Gasteiger partial charge is 0.405 e. The molecule has 2 aromatic heterocycles. The molecule has 4 aromatic rings. The van der Waals surface area contributed by atoms with E-state index in [2.05, 4.69) is 106 Å². The molecule has 0 saturated carbocycles. The van der Waals surface area contributed by atoms with Gasteiger partial charge in [-0.2, -0.15) is 0 Å². The van der Waals surface area contributed by atoms with E-state index in [0.717, 1.165) is 16.0 Å². The first-order valence-electron chi connectivity index (χ1n) is 10.2. The minimum absolute atomic E-state index is 0.0587. The number of pyridine rings is 1. The molecular weight excluding hydrogens is 371 g/mol. The van der Waals surface area contributed by atoms with E-state index in [4.69, 9.17) is 4.42 Å². The van der Waals surface area contributed by atoms with Gasteiger partial charge in [-0.25, -0.2) is 4.98 Å². The molecule has 30 heavy (non-hydrogen) atoms. The van der Waals surface area contributed by atoms with Gasteiger partial charge < -0.3 is 18.9 Å². The minimum Gasteiger partial charge on any atom is -0.436 e. The summed E-state index contributed by atoms with van der Waals surface area (Å²) in [5.41, 5.74) is 5.20. The maximum atomic E-state index is 5.99. The molecule has 146 valence electrons. The highest BCUT2D eigenvalue weighted by Gasteiger charge is 2.41. The van der Waals surface area contributed by atoms with Gasteiger partial charge in [0, 0.05) is 28.7 Å². The number of hydrogen-bond acceptors (Lipinski definition) is 5. The van der Waals surface area contributed by atoms with Crippen LogP contribution >= 0.6 is 0 Å². The second-order valence-corrected chi connectivity index (χ2v) is 7.84. The summed E-state index contributed by atoms with van der Waals surface area (Å²) in [6.45, 7) is 2.32. The van der Waals surface area contributed by atoms with Crippen molar-refractivity contribution in [1.82, 2.24) is 9.79 Å². The molecule has 0 saturated heterocycles. The second kappa shape index (κ2) is 6.42. The number of furan rings is 1. The molecule has 0 bridgehead atoms. The summed E-state index contributed by atoms with van der Waals surface area (Å²) < 4.78 is 5.99. The molecule has 2 aliphatic heterocycles. The van der Waals surface area contributed by atoms with E-state index in [1.54, 1.807) is 6.20 Å². The van der Waals surface area contributed by atoms with Crippen molar-refractivity contribution in [3.8, 4) is 0 Å². The van der Waals surface area contributed by atoms with Crippen molar-refractivity contribution in [1.29, 1.82) is 0 Å². The summed E-state index contributed by atoms with van der Waals surface area (Å²) in [5, 5.41) is 2.17. The Balaban J connectivity index is 1.52. The van der Waals surface area contributed by atoms with Crippen LogP contribution in [0.3, 0.4) is 0 Å². The standard InChI is InChI=1S/C24H21BN4O/c1-17-28(18-9-4-3-5-10-18)21-12-6-7-13-22(21)29(17)25-15-20-19-11-8-14-26-24(19)30-23(20)16-27(25)2/h3-17H,1-2H3/t17-/m0/s1. The van der Waals surface area contributed by atoms with Gasteiger partial charge in [0.25, 0.3) is 0 Å². The van der Waals surface area contributed by atoms with E-state index in [1.165, 1.54) is 17.1 Å². The highest BCUT2D eigenvalue weighted by molar-refractivity contribution is 6.75. The third-order valence-corrected chi connectivity index (χ3v) is 6.10. The molecule has 0 spiro atoms. The molecule has 4 heterocycles. The molecule has 6 rings (SSSR count). The van der Waals surface area contributed by atoms with Crippen LogP contribution in [0.5, 0.6) is 0 Å². The zero-order valence-electron chi connectivity index (χ0n) is 16.9. The Bertz CT molecular complexity index is 1370. The van der Waals surface area contributed by atoms with Gasteiger partial charge in [-0.3, -0.25) is 0 Å². The van der Waals surface area contributed by atoms with E-state index < -0.39 is 0 Å². The summed E-state index contributed by atoms with van der Waals surface area (Å²) in [5.74, 6) is 2.30. The minimum atomic E-state index is 0.0587. The van der Waals surface area contributed by atoms with E-state index in [1.807, 2.05) is 6.07 Å². The lowest BCUT2D eigenvalue weighted by molar-refractivity contribution is 0.551. The predicted octanol–water partition coefficient (Wildman–Crippen LogP) is 3.32. The Hall–Kier alpha value is -3.67. The monoisotopic (exact) mass is 392 g/mol. The van der Waals surface area contributed by atoms with Gasteiger partial charge in [-0.15, -0.1) is 0 Å². The SMILES string of the molecule is C[C@@H]1N(B2C=c3c(oc4ncccc34)=CN2C)c2ccccc2N1c1ccccc1. The molecular formula is C24H21BN4O. The summed E-state index contributed by atoms with van der Waals surface area (Å²) in [6.07, 6.45) is 4.01. The largest absolute Gasteiger partial charge is 0.436 e. The predicted molar refractivity (Wildman–Crippen MR) is 123 cm³/mol. The lowest BCUT2D eigenvalue weighted by Crippen LogP contribution is -2.56. The quantitative estimate of drug-likeness (QED) is 0.489. The Morgan fingerprint density at radius 2 is 1.70 bits per heavy atom. The Morgan fingerprint density at radius 3 is 2.53 bits per heavy atom. The molecule has 2 aliphatic rings. The number of rotatable bonds is 2. The third-order valence-electron chi connectivity index (χ3n) is 6.10. The average molecular weight is 392 g/mol. The van der Waals surface area contributed by atoms with E-state index >= 15 is 0 Å². The van der Waals surface area contributed by atoms with Crippen LogP contribution in [-0.4, -0.2) is 30.0 Å². The molecule has 0 unspecified atom stereocenters. The highest BCUT2D eigenvalue weighted by Crippen LogP contribution is 2.44. The third kappa shape index (κ3) is 2.40.